The second-order valence-electron chi connectivity index (χ2n) is 4.21. The van der Waals surface area contributed by atoms with E-state index in [0.717, 1.165) is 11.6 Å². The van der Waals surface area contributed by atoms with Crippen molar-refractivity contribution in [2.24, 2.45) is 4.58 Å². The van der Waals surface area contributed by atoms with Gasteiger partial charge in [-0.25, -0.2) is 4.79 Å². The second-order valence-corrected chi connectivity index (χ2v) is 4.84. The molecule has 0 aliphatic carbocycles. The molecule has 0 aromatic heterocycles. The van der Waals surface area contributed by atoms with Gasteiger partial charge in [0.2, 0.25) is 0 Å². The number of anilines is 1. The maximum absolute atomic E-state index is 12.2. The van der Waals surface area contributed by atoms with Crippen LogP contribution >= 0.6 is 11.9 Å². The molecule has 0 spiro atoms. The Morgan fingerprint density at radius 3 is 2.85 bits per heavy atom. The van der Waals surface area contributed by atoms with Crippen molar-refractivity contribution in [2.75, 3.05) is 4.90 Å². The number of fused-ring (bicyclic) bond motifs is 1. The first-order valence-corrected chi connectivity index (χ1v) is 6.77. The van der Waals surface area contributed by atoms with E-state index in [-0.39, 0.29) is 0 Å². The second kappa shape index (κ2) is 6.33. The highest BCUT2D eigenvalue weighted by Crippen LogP contribution is 2.31. The van der Waals surface area contributed by atoms with E-state index in [1.165, 1.54) is 10.3 Å². The third kappa shape index (κ3) is 2.88. The summed E-state index contributed by atoms with van der Waals surface area (Å²) in [5, 5.41) is 10.5. The van der Waals surface area contributed by atoms with Gasteiger partial charge in [-0.15, -0.1) is 4.91 Å². The molecule has 6 nitrogen and oxygen atoms in total. The lowest BCUT2D eigenvalue weighted by atomic mass is 9.95. The lowest BCUT2D eigenvalue weighted by Crippen LogP contribution is -2.47. The molecule has 1 aromatic carbocycles. The van der Waals surface area contributed by atoms with E-state index in [2.05, 4.69) is 4.58 Å². The van der Waals surface area contributed by atoms with Crippen LogP contribution in [0, 0.1) is 4.91 Å². The van der Waals surface area contributed by atoms with Crippen molar-refractivity contribution in [1.29, 1.82) is 0 Å². The van der Waals surface area contributed by atoms with Crippen molar-refractivity contribution in [3.8, 4) is 0 Å². The molecule has 20 heavy (non-hydrogen) atoms. The van der Waals surface area contributed by atoms with E-state index in [1.54, 1.807) is 12.1 Å². The number of benzene rings is 1. The van der Waals surface area contributed by atoms with Crippen molar-refractivity contribution in [2.45, 2.75) is 18.9 Å². The number of para-hydroxylation sites is 1. The van der Waals surface area contributed by atoms with Crippen LogP contribution in [0.3, 0.4) is 0 Å². The third-order valence-electron chi connectivity index (χ3n) is 3.09. The van der Waals surface area contributed by atoms with Crippen LogP contribution in [0.25, 0.3) is 0 Å². The molecule has 1 aliphatic rings. The van der Waals surface area contributed by atoms with Gasteiger partial charge in [0.1, 0.15) is 6.04 Å². The smallest absolute Gasteiger partial charge is 0.326 e. The minimum absolute atomic E-state index is 0.366. The number of aliphatic carboxylic acids is 1. The summed E-state index contributed by atoms with van der Waals surface area (Å²) in [5.41, 5.74) is 1.54. The number of hydrogen-bond acceptors (Lipinski definition) is 5. The molecule has 1 aliphatic heterocycles. The average molecular weight is 292 g/mol. The summed E-state index contributed by atoms with van der Waals surface area (Å²) in [4.78, 5) is 34.7. The zero-order valence-corrected chi connectivity index (χ0v) is 11.2. The highest BCUT2D eigenvalue weighted by Gasteiger charge is 2.34. The van der Waals surface area contributed by atoms with E-state index in [4.69, 9.17) is 0 Å². The number of amides is 1. The minimum Gasteiger partial charge on any atom is -0.480 e. The van der Waals surface area contributed by atoms with Gasteiger partial charge < -0.3 is 5.11 Å². The first-order chi connectivity index (χ1) is 9.65. The number of nitroso groups, excluding NO2 is 1. The molecule has 1 amide bonds. The van der Waals surface area contributed by atoms with Crippen molar-refractivity contribution in [1.82, 2.24) is 0 Å². The number of carboxylic acids is 1. The number of carbonyl (C=O) groups is 2. The highest BCUT2D eigenvalue weighted by molar-refractivity contribution is 8.00. The van der Waals surface area contributed by atoms with Gasteiger partial charge in [0, 0.05) is 33.7 Å². The lowest BCUT2D eigenvalue weighted by molar-refractivity contribution is -0.140. The molecule has 0 saturated heterocycles. The number of rotatable bonds is 4. The van der Waals surface area contributed by atoms with E-state index in [1.807, 2.05) is 12.1 Å². The van der Waals surface area contributed by atoms with Gasteiger partial charge in [-0.3, -0.25) is 9.69 Å². The van der Waals surface area contributed by atoms with Crippen LogP contribution < -0.4 is 4.90 Å². The lowest BCUT2D eigenvalue weighted by Gasteiger charge is -2.34. The fourth-order valence-corrected chi connectivity index (χ4v) is 2.47. The first-order valence-electron chi connectivity index (χ1n) is 5.94. The van der Waals surface area contributed by atoms with Gasteiger partial charge in [-0.05, 0) is 24.5 Å². The summed E-state index contributed by atoms with van der Waals surface area (Å²) in [6, 6.07) is 6.32. The molecule has 1 unspecified atom stereocenters. The third-order valence-corrected chi connectivity index (χ3v) is 3.43. The molecule has 0 saturated carbocycles. The molecule has 2 rings (SSSR count). The first kappa shape index (κ1) is 14.3. The Hall–Kier alpha value is -2.15. The van der Waals surface area contributed by atoms with Gasteiger partial charge in [-0.1, -0.05) is 18.2 Å². The summed E-state index contributed by atoms with van der Waals surface area (Å²) in [7, 11) is 0. The molecule has 1 aromatic rings. The molecule has 1 N–H and O–H groups in total. The van der Waals surface area contributed by atoms with Crippen LogP contribution in [0.15, 0.2) is 40.3 Å². The molecule has 0 fully saturated rings. The summed E-state index contributed by atoms with van der Waals surface area (Å²) in [6.07, 6.45) is 2.14. The van der Waals surface area contributed by atoms with Crippen molar-refractivity contribution in [3.05, 3.63) is 46.2 Å². The van der Waals surface area contributed by atoms with Crippen LogP contribution in [-0.4, -0.2) is 23.0 Å². The number of carboxylic acid groups (broad SMARTS) is 1. The van der Waals surface area contributed by atoms with E-state index >= 15 is 0 Å². The number of nitrogens with zero attached hydrogens (tertiary/aromatic N) is 2. The van der Waals surface area contributed by atoms with Crippen molar-refractivity contribution >= 4 is 29.5 Å². The molecule has 0 radical (unpaired) electrons. The summed E-state index contributed by atoms with van der Waals surface area (Å²) in [6.45, 7) is 0. The zero-order valence-electron chi connectivity index (χ0n) is 10.4. The maximum atomic E-state index is 12.2. The van der Waals surface area contributed by atoms with Gasteiger partial charge >= 0.3 is 5.97 Å². The van der Waals surface area contributed by atoms with Crippen LogP contribution in [0.5, 0.6) is 0 Å². The van der Waals surface area contributed by atoms with Crippen molar-refractivity contribution in [3.63, 3.8) is 0 Å². The molecule has 1 heterocycles. The van der Waals surface area contributed by atoms with Crippen LogP contribution in [0.2, 0.25) is 0 Å². The van der Waals surface area contributed by atoms with E-state index < -0.39 is 17.9 Å². The average Bonchev–Trinajstić information content (AvgIpc) is 2.46. The highest BCUT2D eigenvalue weighted by atomic mass is 32.2. The Bertz CT molecular complexity index is 573. The molecule has 104 valence electrons. The predicted molar refractivity (Wildman–Crippen MR) is 76.2 cm³/mol. The maximum Gasteiger partial charge on any atom is 0.326 e. The molecule has 1 atom stereocenters. The Kier molecular flexibility index (Phi) is 4.52. The summed E-state index contributed by atoms with van der Waals surface area (Å²) in [5.74, 6) is -1.51. The Morgan fingerprint density at radius 2 is 2.15 bits per heavy atom. The Labute approximate surface area is 119 Å². The molecule has 0 bridgehead atoms. The fourth-order valence-electron chi connectivity index (χ4n) is 2.25. The minimum atomic E-state index is -1.04. The largest absolute Gasteiger partial charge is 0.480 e. The van der Waals surface area contributed by atoms with Crippen LogP contribution in [0.1, 0.15) is 12.0 Å². The van der Waals surface area contributed by atoms with E-state index in [9.17, 15) is 19.6 Å². The summed E-state index contributed by atoms with van der Waals surface area (Å²) >= 11 is 0.585. The van der Waals surface area contributed by atoms with Gasteiger partial charge in [0.05, 0.1) is 0 Å². The van der Waals surface area contributed by atoms with E-state index in [0.29, 0.717) is 30.5 Å². The zero-order chi connectivity index (χ0) is 14.5. The number of hydrogen-bond donors (Lipinski definition) is 1. The van der Waals surface area contributed by atoms with Gasteiger partial charge in [-0.2, -0.15) is 0 Å². The SMILES string of the molecule is O=NSC=CC(=O)N1c2ccccc2CCC1C(=O)O. The van der Waals surface area contributed by atoms with Gasteiger partial charge in [0.25, 0.3) is 5.91 Å². The standard InChI is InChI=1S/C13H12N2O4S/c16-12(7-8-20-14-19)15-10-4-2-1-3-9(10)5-6-11(15)13(17)18/h1-4,7-8,11H,5-6H2,(H,17,18). The molecular weight excluding hydrogens is 280 g/mol. The molecule has 7 heteroatoms. The topological polar surface area (TPSA) is 87.0 Å². The Balaban J connectivity index is 2.36. The van der Waals surface area contributed by atoms with Crippen molar-refractivity contribution < 1.29 is 14.7 Å². The Morgan fingerprint density at radius 1 is 1.40 bits per heavy atom. The molecular formula is C13H12N2O4S. The quantitative estimate of drug-likeness (QED) is 0.523. The van der Waals surface area contributed by atoms with Gasteiger partial charge in [0.15, 0.2) is 0 Å². The normalized spacial score (nSPS) is 17.8. The fraction of sp³-hybridized carbons (Fsp3) is 0.231. The van der Waals surface area contributed by atoms with Crippen LogP contribution in [-0.2, 0) is 16.0 Å². The number of aryl methyl sites for hydroxylation is 1. The van der Waals surface area contributed by atoms with Crippen LogP contribution in [0.4, 0.5) is 5.69 Å². The summed E-state index contributed by atoms with van der Waals surface area (Å²) < 4.78 is 2.54. The predicted octanol–water partition coefficient (Wildman–Crippen LogP) is 2.35. The number of carbonyl (C=O) groups excluding carboxylic acids is 1. The monoisotopic (exact) mass is 292 g/mol.